The predicted molar refractivity (Wildman–Crippen MR) is 113 cm³/mol. The predicted octanol–water partition coefficient (Wildman–Crippen LogP) is 2.67. The van der Waals surface area contributed by atoms with Gasteiger partial charge in [-0.2, -0.15) is 5.10 Å². The van der Waals surface area contributed by atoms with E-state index in [2.05, 4.69) is 15.8 Å². The normalized spacial score (nSPS) is 10.5. The zero-order valence-corrected chi connectivity index (χ0v) is 17.0. The van der Waals surface area contributed by atoms with Gasteiger partial charge < -0.3 is 14.8 Å². The molecule has 0 spiro atoms. The molecule has 30 heavy (non-hydrogen) atoms. The third-order valence-electron chi connectivity index (χ3n) is 3.92. The second-order valence-electron chi connectivity index (χ2n) is 6.20. The van der Waals surface area contributed by atoms with E-state index in [0.717, 1.165) is 12.0 Å². The van der Waals surface area contributed by atoms with E-state index in [1.807, 2.05) is 25.1 Å². The molecule has 2 N–H and O–H groups in total. The zero-order chi connectivity index (χ0) is 21.8. The summed E-state index contributed by atoms with van der Waals surface area (Å²) in [6, 6.07) is 14.3. The van der Waals surface area contributed by atoms with Crippen molar-refractivity contribution < 1.29 is 23.9 Å². The Morgan fingerprint density at radius 1 is 1.03 bits per heavy atom. The Morgan fingerprint density at radius 2 is 1.83 bits per heavy atom. The number of rotatable bonds is 10. The van der Waals surface area contributed by atoms with Gasteiger partial charge in [0.25, 0.3) is 0 Å². The summed E-state index contributed by atoms with van der Waals surface area (Å²) in [5.74, 6) is -0.943. The first kappa shape index (κ1) is 22.6. The first-order valence-corrected chi connectivity index (χ1v) is 9.60. The van der Waals surface area contributed by atoms with Crippen molar-refractivity contribution in [1.29, 1.82) is 0 Å². The van der Waals surface area contributed by atoms with E-state index in [9.17, 15) is 14.4 Å². The van der Waals surface area contributed by atoms with Crippen LogP contribution in [0.5, 0.6) is 5.75 Å². The van der Waals surface area contributed by atoms with E-state index in [1.54, 1.807) is 37.3 Å². The third-order valence-corrected chi connectivity index (χ3v) is 3.92. The van der Waals surface area contributed by atoms with Crippen molar-refractivity contribution in [1.82, 2.24) is 5.43 Å². The second kappa shape index (κ2) is 12.0. The first-order valence-electron chi connectivity index (χ1n) is 9.60. The monoisotopic (exact) mass is 411 g/mol. The average molecular weight is 411 g/mol. The average Bonchev–Trinajstić information content (AvgIpc) is 2.73. The molecule has 0 saturated heterocycles. The van der Waals surface area contributed by atoms with E-state index >= 15 is 0 Å². The molecule has 0 aliphatic rings. The standard InChI is InChI=1S/C22H25N3O5/c1-3-17-9-5-6-11-19(17)24-20(26)13-21(27)25-23-14-16-8-7-10-18(12-16)30-15-22(28)29-4-2/h5-12,14H,3-4,13,15H2,1-2H3,(H,24,26)(H,25,27). The number of esters is 1. The van der Waals surface area contributed by atoms with E-state index in [1.165, 1.54) is 6.21 Å². The third kappa shape index (κ3) is 7.75. The molecule has 0 aliphatic heterocycles. The quantitative estimate of drug-likeness (QED) is 0.271. The van der Waals surface area contributed by atoms with E-state index in [0.29, 0.717) is 17.0 Å². The lowest BCUT2D eigenvalue weighted by atomic mass is 10.1. The number of anilines is 1. The largest absolute Gasteiger partial charge is 0.482 e. The van der Waals surface area contributed by atoms with Gasteiger partial charge in [0.1, 0.15) is 12.2 Å². The van der Waals surface area contributed by atoms with Gasteiger partial charge in [0, 0.05) is 5.69 Å². The summed E-state index contributed by atoms with van der Waals surface area (Å²) in [5.41, 5.74) is 4.66. The highest BCUT2D eigenvalue weighted by Crippen LogP contribution is 2.15. The van der Waals surface area contributed by atoms with E-state index in [-0.39, 0.29) is 19.6 Å². The Kier molecular flexibility index (Phi) is 9.05. The summed E-state index contributed by atoms with van der Waals surface area (Å²) in [6.45, 7) is 3.81. The van der Waals surface area contributed by atoms with Crippen LogP contribution >= 0.6 is 0 Å². The number of para-hydroxylation sites is 1. The van der Waals surface area contributed by atoms with E-state index in [4.69, 9.17) is 9.47 Å². The summed E-state index contributed by atoms with van der Waals surface area (Å²) in [5, 5.41) is 6.58. The number of carbonyl (C=O) groups is 3. The number of hydrogen-bond donors (Lipinski definition) is 2. The molecule has 0 aromatic heterocycles. The highest BCUT2D eigenvalue weighted by atomic mass is 16.6. The van der Waals surface area contributed by atoms with Crippen molar-refractivity contribution in [3.63, 3.8) is 0 Å². The molecule has 8 heteroatoms. The van der Waals surface area contributed by atoms with Crippen molar-refractivity contribution in [3.8, 4) is 5.75 Å². The Morgan fingerprint density at radius 3 is 2.60 bits per heavy atom. The molecule has 0 atom stereocenters. The number of ether oxygens (including phenoxy) is 2. The number of hydrogen-bond acceptors (Lipinski definition) is 6. The topological polar surface area (TPSA) is 106 Å². The van der Waals surface area contributed by atoms with Gasteiger partial charge in [-0.1, -0.05) is 37.3 Å². The Labute approximate surface area is 175 Å². The molecule has 158 valence electrons. The molecule has 2 amide bonds. The van der Waals surface area contributed by atoms with Crippen LogP contribution in [0.25, 0.3) is 0 Å². The fraction of sp³-hybridized carbons (Fsp3) is 0.273. The first-order chi connectivity index (χ1) is 14.5. The van der Waals surface area contributed by atoms with Gasteiger partial charge in [0.05, 0.1) is 12.8 Å². The highest BCUT2D eigenvalue weighted by Gasteiger charge is 2.10. The van der Waals surface area contributed by atoms with Crippen molar-refractivity contribution in [3.05, 3.63) is 59.7 Å². The van der Waals surface area contributed by atoms with Gasteiger partial charge in [-0.15, -0.1) is 0 Å². The Bertz CT molecular complexity index is 911. The molecule has 2 rings (SSSR count). The van der Waals surface area contributed by atoms with Crippen LogP contribution in [0.1, 0.15) is 31.4 Å². The minimum atomic E-state index is -0.535. The SMILES string of the molecule is CCOC(=O)COc1cccc(C=NNC(=O)CC(=O)Nc2ccccc2CC)c1. The maximum absolute atomic E-state index is 12.1. The molecule has 0 unspecified atom stereocenters. The maximum Gasteiger partial charge on any atom is 0.344 e. The fourth-order valence-corrected chi connectivity index (χ4v) is 2.54. The van der Waals surface area contributed by atoms with E-state index < -0.39 is 17.8 Å². The summed E-state index contributed by atoms with van der Waals surface area (Å²) >= 11 is 0. The molecule has 0 aliphatic carbocycles. The van der Waals surface area contributed by atoms with Gasteiger partial charge in [0.2, 0.25) is 11.8 Å². The molecule has 0 fully saturated rings. The minimum Gasteiger partial charge on any atom is -0.482 e. The number of benzene rings is 2. The second-order valence-corrected chi connectivity index (χ2v) is 6.20. The summed E-state index contributed by atoms with van der Waals surface area (Å²) in [7, 11) is 0. The smallest absolute Gasteiger partial charge is 0.344 e. The summed E-state index contributed by atoms with van der Waals surface area (Å²) < 4.78 is 10.1. The van der Waals surface area contributed by atoms with Gasteiger partial charge in [-0.3, -0.25) is 9.59 Å². The van der Waals surface area contributed by atoms with Gasteiger partial charge in [-0.25, -0.2) is 10.2 Å². The van der Waals surface area contributed by atoms with Crippen molar-refractivity contribution in [2.75, 3.05) is 18.5 Å². The van der Waals surface area contributed by atoms with Crippen LogP contribution < -0.4 is 15.5 Å². The molecular weight excluding hydrogens is 386 g/mol. The summed E-state index contributed by atoms with van der Waals surface area (Å²) in [4.78, 5) is 35.3. The van der Waals surface area contributed by atoms with Gasteiger partial charge in [0.15, 0.2) is 6.61 Å². The van der Waals surface area contributed by atoms with Crippen LogP contribution in [0.2, 0.25) is 0 Å². The van der Waals surface area contributed by atoms with Crippen LogP contribution in [-0.4, -0.2) is 37.2 Å². The number of amides is 2. The van der Waals surface area contributed by atoms with Gasteiger partial charge >= 0.3 is 5.97 Å². The molecule has 0 bridgehead atoms. The van der Waals surface area contributed by atoms with Crippen molar-refractivity contribution in [2.45, 2.75) is 26.7 Å². The van der Waals surface area contributed by atoms with Crippen molar-refractivity contribution >= 4 is 29.7 Å². The molecule has 2 aromatic rings. The molecule has 0 heterocycles. The lowest BCUT2D eigenvalue weighted by molar-refractivity contribution is -0.145. The minimum absolute atomic E-state index is 0.193. The Hall–Kier alpha value is -3.68. The maximum atomic E-state index is 12.1. The molecular formula is C22H25N3O5. The number of hydrazone groups is 1. The highest BCUT2D eigenvalue weighted by molar-refractivity contribution is 6.04. The number of carbonyl (C=O) groups excluding carboxylic acids is 3. The molecule has 2 aromatic carbocycles. The lowest BCUT2D eigenvalue weighted by Crippen LogP contribution is -2.25. The van der Waals surface area contributed by atoms with Crippen LogP contribution in [-0.2, 0) is 25.5 Å². The zero-order valence-electron chi connectivity index (χ0n) is 17.0. The number of nitrogens with one attached hydrogen (secondary N) is 2. The lowest BCUT2D eigenvalue weighted by Gasteiger charge is -2.09. The molecule has 0 saturated carbocycles. The number of aryl methyl sites for hydroxylation is 1. The molecule has 0 radical (unpaired) electrons. The fourth-order valence-electron chi connectivity index (χ4n) is 2.54. The summed E-state index contributed by atoms with van der Waals surface area (Å²) in [6.07, 6.45) is 1.84. The van der Waals surface area contributed by atoms with Gasteiger partial charge in [-0.05, 0) is 42.7 Å². The van der Waals surface area contributed by atoms with Crippen LogP contribution in [0.15, 0.2) is 53.6 Å². The molecule has 8 nitrogen and oxygen atoms in total. The van der Waals surface area contributed by atoms with Crippen LogP contribution in [0.3, 0.4) is 0 Å². The Balaban J connectivity index is 1.82. The van der Waals surface area contributed by atoms with Crippen LogP contribution in [0.4, 0.5) is 5.69 Å². The van der Waals surface area contributed by atoms with Crippen LogP contribution in [0, 0.1) is 0 Å². The number of nitrogens with zero attached hydrogens (tertiary/aromatic N) is 1. The van der Waals surface area contributed by atoms with Crippen molar-refractivity contribution in [2.24, 2.45) is 5.10 Å².